The normalized spacial score (nSPS) is 11.6. The monoisotopic (exact) mass is 416 g/mol. The summed E-state index contributed by atoms with van der Waals surface area (Å²) in [6.45, 7) is 5.87. The second kappa shape index (κ2) is 8.47. The minimum absolute atomic E-state index is 0.450. The van der Waals surface area contributed by atoms with Gasteiger partial charge < -0.3 is 13.9 Å². The van der Waals surface area contributed by atoms with Crippen LogP contribution in [-0.2, 0) is 0 Å². The Morgan fingerprint density at radius 2 is 1.58 bits per heavy atom. The third-order valence-electron chi connectivity index (χ3n) is 4.83. The van der Waals surface area contributed by atoms with Crippen LogP contribution in [0.2, 0.25) is 0 Å². The summed E-state index contributed by atoms with van der Waals surface area (Å²) in [5.74, 6) is 2.38. The summed E-state index contributed by atoms with van der Waals surface area (Å²) in [6.07, 6.45) is 0. The van der Waals surface area contributed by atoms with Crippen LogP contribution in [0.1, 0.15) is 17.0 Å². The number of rotatable bonds is 5. The molecule has 0 aliphatic rings. The predicted octanol–water partition coefficient (Wildman–Crippen LogP) is 4.76. The molecule has 2 aromatic carbocycles. The Bertz CT molecular complexity index is 1310. The Kier molecular flexibility index (Phi) is 5.58. The van der Waals surface area contributed by atoms with Gasteiger partial charge in [-0.2, -0.15) is 5.10 Å². The molecule has 0 aliphatic heterocycles. The maximum absolute atomic E-state index is 6.22. The third kappa shape index (κ3) is 4.35. The van der Waals surface area contributed by atoms with Gasteiger partial charge in [-0.3, -0.25) is 0 Å². The highest BCUT2D eigenvalue weighted by Gasteiger charge is 2.11. The predicted molar refractivity (Wildman–Crippen MR) is 120 cm³/mol. The van der Waals surface area contributed by atoms with Crippen molar-refractivity contribution >= 4 is 16.9 Å². The van der Waals surface area contributed by atoms with E-state index in [0.717, 1.165) is 33.5 Å². The van der Waals surface area contributed by atoms with Crippen LogP contribution in [0.25, 0.3) is 22.3 Å². The fourth-order valence-electron chi connectivity index (χ4n) is 3.39. The summed E-state index contributed by atoms with van der Waals surface area (Å²) >= 11 is 0. The largest absolute Gasteiger partial charge is 0.493 e. The average Bonchev–Trinajstić information content (AvgIpc) is 2.75. The van der Waals surface area contributed by atoms with Crippen molar-refractivity contribution in [1.82, 2.24) is 9.97 Å². The standard InChI is InChI=1S/C24H24N4O3/c1-14-6-8-18-19(27-28-24-25-15(2)11-16(3)26-24)13-21(31-22(18)10-14)17-7-9-20(29-4)23(12-17)30-5/h6-13H,1-5H3,(H,25,26,28). The minimum atomic E-state index is 0.450. The van der Waals surface area contributed by atoms with E-state index in [1.54, 1.807) is 14.2 Å². The van der Waals surface area contributed by atoms with Gasteiger partial charge in [0.15, 0.2) is 11.5 Å². The smallest absolute Gasteiger partial charge is 0.243 e. The lowest BCUT2D eigenvalue weighted by Gasteiger charge is -2.10. The molecule has 0 spiro atoms. The lowest BCUT2D eigenvalue weighted by Crippen LogP contribution is -2.09. The molecule has 4 rings (SSSR count). The Morgan fingerprint density at radius 1 is 0.839 bits per heavy atom. The third-order valence-corrected chi connectivity index (χ3v) is 4.83. The van der Waals surface area contributed by atoms with Gasteiger partial charge in [-0.1, -0.05) is 6.07 Å². The number of nitrogens with zero attached hydrogens (tertiary/aromatic N) is 3. The van der Waals surface area contributed by atoms with E-state index in [0.29, 0.717) is 28.6 Å². The van der Waals surface area contributed by atoms with Crippen molar-refractivity contribution in [2.75, 3.05) is 19.6 Å². The number of aryl methyl sites for hydroxylation is 3. The maximum atomic E-state index is 6.22. The van der Waals surface area contributed by atoms with Crippen LogP contribution in [-0.4, -0.2) is 24.2 Å². The van der Waals surface area contributed by atoms with E-state index in [1.165, 1.54) is 0 Å². The number of benzene rings is 2. The van der Waals surface area contributed by atoms with Crippen molar-refractivity contribution in [2.45, 2.75) is 20.8 Å². The highest BCUT2D eigenvalue weighted by Crippen LogP contribution is 2.32. The molecule has 1 N–H and O–H groups in total. The molecule has 7 nitrogen and oxygen atoms in total. The van der Waals surface area contributed by atoms with E-state index in [2.05, 4.69) is 20.5 Å². The number of anilines is 1. The van der Waals surface area contributed by atoms with Crippen LogP contribution < -0.4 is 20.3 Å². The number of methoxy groups -OCH3 is 2. The van der Waals surface area contributed by atoms with Gasteiger partial charge in [-0.25, -0.2) is 15.4 Å². The van der Waals surface area contributed by atoms with Crippen molar-refractivity contribution in [2.24, 2.45) is 5.10 Å². The van der Waals surface area contributed by atoms with Gasteiger partial charge in [0.25, 0.3) is 0 Å². The Balaban J connectivity index is 1.87. The van der Waals surface area contributed by atoms with Crippen molar-refractivity contribution in [3.8, 4) is 22.8 Å². The number of hydrogen-bond donors (Lipinski definition) is 1. The molecule has 158 valence electrons. The molecule has 0 saturated heterocycles. The van der Waals surface area contributed by atoms with Crippen LogP contribution in [0.5, 0.6) is 11.5 Å². The number of ether oxygens (including phenoxy) is 2. The first-order valence-electron chi connectivity index (χ1n) is 9.86. The number of hydrogen-bond acceptors (Lipinski definition) is 7. The lowest BCUT2D eigenvalue weighted by molar-refractivity contribution is 0.355. The fourth-order valence-corrected chi connectivity index (χ4v) is 3.39. The summed E-state index contributed by atoms with van der Waals surface area (Å²) in [6, 6.07) is 15.5. The molecule has 0 aliphatic carbocycles. The summed E-state index contributed by atoms with van der Waals surface area (Å²) in [5, 5.41) is 6.19. The van der Waals surface area contributed by atoms with Crippen molar-refractivity contribution in [1.29, 1.82) is 0 Å². The molecule has 0 radical (unpaired) electrons. The number of fused-ring (bicyclic) bond motifs is 1. The van der Waals surface area contributed by atoms with E-state index in [4.69, 9.17) is 13.9 Å². The first kappa shape index (κ1) is 20.4. The van der Waals surface area contributed by atoms with Crippen LogP contribution in [0.15, 0.2) is 58.0 Å². The zero-order valence-corrected chi connectivity index (χ0v) is 18.2. The molecule has 0 bridgehead atoms. The van der Waals surface area contributed by atoms with Crippen molar-refractivity contribution in [3.63, 3.8) is 0 Å². The molecule has 7 heteroatoms. The highest BCUT2D eigenvalue weighted by molar-refractivity contribution is 5.79. The molecule has 31 heavy (non-hydrogen) atoms. The van der Waals surface area contributed by atoms with Gasteiger partial charge in [0.2, 0.25) is 5.95 Å². The Labute approximate surface area is 180 Å². The SMILES string of the molecule is COc1ccc(-c2cc(=NNc3nc(C)cc(C)n3)c3ccc(C)cc3o2)cc1OC. The second-order valence-electron chi connectivity index (χ2n) is 7.26. The first-order chi connectivity index (χ1) is 15.0. The van der Waals surface area contributed by atoms with E-state index in [-0.39, 0.29) is 0 Å². The van der Waals surface area contributed by atoms with Gasteiger partial charge in [0.1, 0.15) is 11.3 Å². The minimum Gasteiger partial charge on any atom is -0.493 e. The molecule has 4 aromatic rings. The van der Waals surface area contributed by atoms with E-state index in [1.807, 2.05) is 69.3 Å². The van der Waals surface area contributed by atoms with Crippen molar-refractivity contribution in [3.05, 3.63) is 70.8 Å². The molecule has 0 unspecified atom stereocenters. The van der Waals surface area contributed by atoms with Crippen LogP contribution in [0, 0.1) is 20.8 Å². The molecular formula is C24H24N4O3. The summed E-state index contributed by atoms with van der Waals surface area (Å²) in [4.78, 5) is 8.79. The summed E-state index contributed by atoms with van der Waals surface area (Å²) in [5.41, 5.74) is 7.41. The number of aromatic nitrogens is 2. The average molecular weight is 416 g/mol. The second-order valence-corrected chi connectivity index (χ2v) is 7.26. The summed E-state index contributed by atoms with van der Waals surface area (Å²) in [7, 11) is 3.22. The van der Waals surface area contributed by atoms with E-state index >= 15 is 0 Å². The molecule has 0 amide bonds. The zero-order chi connectivity index (χ0) is 22.0. The van der Waals surface area contributed by atoms with Gasteiger partial charge in [-0.05, 0) is 62.7 Å². The van der Waals surface area contributed by atoms with Gasteiger partial charge in [0.05, 0.1) is 19.6 Å². The van der Waals surface area contributed by atoms with E-state index < -0.39 is 0 Å². The lowest BCUT2D eigenvalue weighted by atomic mass is 10.1. The first-order valence-corrected chi connectivity index (χ1v) is 9.86. The van der Waals surface area contributed by atoms with Crippen LogP contribution in [0.4, 0.5) is 5.95 Å². The van der Waals surface area contributed by atoms with E-state index in [9.17, 15) is 0 Å². The quantitative estimate of drug-likeness (QED) is 0.473. The Morgan fingerprint density at radius 3 is 2.29 bits per heavy atom. The molecule has 2 heterocycles. The molecule has 0 fully saturated rings. The summed E-state index contributed by atoms with van der Waals surface area (Å²) < 4.78 is 17.0. The zero-order valence-electron chi connectivity index (χ0n) is 18.2. The Hall–Kier alpha value is -3.87. The highest BCUT2D eigenvalue weighted by atomic mass is 16.5. The maximum Gasteiger partial charge on any atom is 0.243 e. The number of nitrogens with one attached hydrogen (secondary N) is 1. The molecule has 0 saturated carbocycles. The van der Waals surface area contributed by atoms with Crippen LogP contribution in [0.3, 0.4) is 0 Å². The topological polar surface area (TPSA) is 81.8 Å². The van der Waals surface area contributed by atoms with Gasteiger partial charge in [0, 0.05) is 28.4 Å². The fraction of sp³-hybridized carbons (Fsp3) is 0.208. The molecular weight excluding hydrogens is 392 g/mol. The van der Waals surface area contributed by atoms with Crippen LogP contribution >= 0.6 is 0 Å². The molecule has 2 aromatic heterocycles. The molecule has 0 atom stereocenters. The van der Waals surface area contributed by atoms with Crippen molar-refractivity contribution < 1.29 is 13.9 Å². The van der Waals surface area contributed by atoms with Gasteiger partial charge in [-0.15, -0.1) is 0 Å². The van der Waals surface area contributed by atoms with Gasteiger partial charge >= 0.3 is 0 Å².